The Hall–Kier alpha value is -2.41. The molecule has 0 saturated carbocycles. The molecular formula is C20H24N4O2S. The van der Waals surface area contributed by atoms with E-state index in [0.29, 0.717) is 6.54 Å². The van der Waals surface area contributed by atoms with Gasteiger partial charge >= 0.3 is 0 Å². The Labute approximate surface area is 162 Å². The van der Waals surface area contributed by atoms with Crippen molar-refractivity contribution in [3.63, 3.8) is 0 Å². The van der Waals surface area contributed by atoms with Crippen molar-refractivity contribution in [2.45, 2.75) is 33.1 Å². The molecule has 1 amide bonds. The van der Waals surface area contributed by atoms with Crippen LogP contribution in [0.15, 0.2) is 28.8 Å². The fraction of sp³-hybridized carbons (Fsp3) is 0.450. The van der Waals surface area contributed by atoms with E-state index in [1.165, 1.54) is 4.70 Å². The molecule has 3 heterocycles. The van der Waals surface area contributed by atoms with Crippen LogP contribution in [0.3, 0.4) is 0 Å². The van der Waals surface area contributed by atoms with Gasteiger partial charge in [0.15, 0.2) is 5.13 Å². The minimum absolute atomic E-state index is 0.0836. The van der Waals surface area contributed by atoms with Crippen LogP contribution < -0.4 is 10.2 Å². The van der Waals surface area contributed by atoms with Crippen molar-refractivity contribution in [1.82, 2.24) is 15.5 Å². The van der Waals surface area contributed by atoms with Gasteiger partial charge in [-0.05, 0) is 45.2 Å². The maximum atomic E-state index is 12.5. The van der Waals surface area contributed by atoms with Crippen molar-refractivity contribution >= 4 is 32.6 Å². The number of hydrogen-bond donors (Lipinski definition) is 1. The lowest BCUT2D eigenvalue weighted by atomic mass is 9.96. The lowest BCUT2D eigenvalue weighted by Crippen LogP contribution is -2.41. The Morgan fingerprint density at radius 1 is 1.30 bits per heavy atom. The van der Waals surface area contributed by atoms with Gasteiger partial charge < -0.3 is 14.7 Å². The van der Waals surface area contributed by atoms with Crippen LogP contribution in [0, 0.1) is 19.8 Å². The summed E-state index contributed by atoms with van der Waals surface area (Å²) >= 11 is 1.73. The Kier molecular flexibility index (Phi) is 5.11. The van der Waals surface area contributed by atoms with Gasteiger partial charge in [0, 0.05) is 31.1 Å². The third-order valence-corrected chi connectivity index (χ3v) is 6.37. The second-order valence-corrected chi connectivity index (χ2v) is 8.08. The zero-order valence-electron chi connectivity index (χ0n) is 15.7. The van der Waals surface area contributed by atoms with E-state index < -0.39 is 0 Å². The number of fused-ring (bicyclic) bond motifs is 1. The number of anilines is 1. The molecule has 142 valence electrons. The first-order valence-electron chi connectivity index (χ1n) is 9.42. The number of carbonyl (C=O) groups excluding carboxylic acids is 1. The smallest absolute Gasteiger partial charge is 0.223 e. The summed E-state index contributed by atoms with van der Waals surface area (Å²) in [7, 11) is 0. The van der Waals surface area contributed by atoms with Crippen LogP contribution in [-0.2, 0) is 11.2 Å². The van der Waals surface area contributed by atoms with E-state index in [4.69, 9.17) is 9.51 Å². The highest BCUT2D eigenvalue weighted by molar-refractivity contribution is 7.22. The van der Waals surface area contributed by atoms with Crippen LogP contribution in [0.1, 0.15) is 29.9 Å². The van der Waals surface area contributed by atoms with E-state index >= 15 is 0 Å². The van der Waals surface area contributed by atoms with E-state index in [1.54, 1.807) is 11.3 Å². The molecule has 6 nitrogen and oxygen atoms in total. The van der Waals surface area contributed by atoms with Crippen LogP contribution in [-0.4, -0.2) is 35.7 Å². The van der Waals surface area contributed by atoms with Gasteiger partial charge in [-0.1, -0.05) is 28.6 Å². The number of piperidine rings is 1. The maximum Gasteiger partial charge on any atom is 0.223 e. The molecule has 0 bridgehead atoms. The third-order valence-electron chi connectivity index (χ3n) is 5.27. The molecule has 0 unspecified atom stereocenters. The van der Waals surface area contributed by atoms with Crippen molar-refractivity contribution in [3.8, 4) is 0 Å². The normalized spacial score (nSPS) is 15.4. The number of para-hydroxylation sites is 1. The molecular weight excluding hydrogens is 360 g/mol. The minimum Gasteiger partial charge on any atom is -0.361 e. The van der Waals surface area contributed by atoms with Crippen LogP contribution in [0.5, 0.6) is 0 Å². The molecule has 27 heavy (non-hydrogen) atoms. The van der Waals surface area contributed by atoms with E-state index in [2.05, 4.69) is 27.5 Å². The predicted octanol–water partition coefficient (Wildman–Crippen LogP) is 3.48. The summed E-state index contributed by atoms with van der Waals surface area (Å²) in [6.45, 7) is 6.23. The molecule has 1 N–H and O–H groups in total. The summed E-state index contributed by atoms with van der Waals surface area (Å²) in [6.07, 6.45) is 2.50. The summed E-state index contributed by atoms with van der Waals surface area (Å²) < 4.78 is 6.39. The molecule has 0 atom stereocenters. The number of carbonyl (C=O) groups is 1. The summed E-state index contributed by atoms with van der Waals surface area (Å²) in [4.78, 5) is 19.5. The number of rotatable bonds is 5. The Morgan fingerprint density at radius 2 is 2.07 bits per heavy atom. The molecule has 7 heteroatoms. The standard InChI is InChI=1S/C20H24N4O2S/c1-13-16(14(2)26-23-13)7-10-21-19(25)15-8-11-24(12-9-15)20-22-17-5-3-4-6-18(17)27-20/h3-6,15H,7-12H2,1-2H3,(H,21,25). The molecule has 0 radical (unpaired) electrons. The zero-order valence-corrected chi connectivity index (χ0v) is 16.5. The average molecular weight is 385 g/mol. The number of hydrogen-bond acceptors (Lipinski definition) is 6. The number of amides is 1. The molecule has 1 aliphatic rings. The molecule has 0 spiro atoms. The lowest BCUT2D eigenvalue weighted by Gasteiger charge is -2.31. The molecule has 1 fully saturated rings. The molecule has 1 saturated heterocycles. The third kappa shape index (κ3) is 3.83. The number of aryl methyl sites for hydroxylation is 2. The fourth-order valence-electron chi connectivity index (χ4n) is 3.64. The van der Waals surface area contributed by atoms with Crippen LogP contribution >= 0.6 is 11.3 Å². The van der Waals surface area contributed by atoms with Gasteiger partial charge in [-0.15, -0.1) is 0 Å². The molecule has 2 aromatic heterocycles. The second kappa shape index (κ2) is 7.68. The second-order valence-electron chi connectivity index (χ2n) is 7.07. The quantitative estimate of drug-likeness (QED) is 0.729. The van der Waals surface area contributed by atoms with Crippen LogP contribution in [0.4, 0.5) is 5.13 Å². The zero-order chi connectivity index (χ0) is 18.8. The van der Waals surface area contributed by atoms with E-state index in [-0.39, 0.29) is 11.8 Å². The van der Waals surface area contributed by atoms with Gasteiger partial charge in [0.25, 0.3) is 0 Å². The molecule has 1 aromatic carbocycles. The van der Waals surface area contributed by atoms with Gasteiger partial charge in [-0.3, -0.25) is 4.79 Å². The largest absolute Gasteiger partial charge is 0.361 e. The SMILES string of the molecule is Cc1noc(C)c1CCNC(=O)C1CCN(c2nc3ccccc3s2)CC1. The number of benzene rings is 1. The van der Waals surface area contributed by atoms with Crippen molar-refractivity contribution < 1.29 is 9.32 Å². The van der Waals surface area contributed by atoms with Gasteiger partial charge in [-0.2, -0.15) is 0 Å². The first-order chi connectivity index (χ1) is 13.1. The highest BCUT2D eigenvalue weighted by atomic mass is 32.1. The number of thiazole rings is 1. The predicted molar refractivity (Wildman–Crippen MR) is 107 cm³/mol. The lowest BCUT2D eigenvalue weighted by molar-refractivity contribution is -0.125. The van der Waals surface area contributed by atoms with Gasteiger partial charge in [0.1, 0.15) is 5.76 Å². The summed E-state index contributed by atoms with van der Waals surface area (Å²) in [6, 6.07) is 8.22. The Morgan fingerprint density at radius 3 is 2.78 bits per heavy atom. The van der Waals surface area contributed by atoms with Gasteiger partial charge in [-0.25, -0.2) is 4.98 Å². The summed E-state index contributed by atoms with van der Waals surface area (Å²) in [5, 5.41) is 8.10. The topological polar surface area (TPSA) is 71.3 Å². The van der Waals surface area contributed by atoms with Gasteiger partial charge in [0.2, 0.25) is 5.91 Å². The maximum absolute atomic E-state index is 12.5. The van der Waals surface area contributed by atoms with E-state index in [0.717, 1.165) is 60.0 Å². The van der Waals surface area contributed by atoms with E-state index in [9.17, 15) is 4.79 Å². The van der Waals surface area contributed by atoms with Crippen molar-refractivity contribution in [1.29, 1.82) is 0 Å². The summed E-state index contributed by atoms with van der Waals surface area (Å²) in [5.74, 6) is 1.08. The number of aromatic nitrogens is 2. The Bertz CT molecular complexity index is 888. The van der Waals surface area contributed by atoms with Crippen molar-refractivity contribution in [2.24, 2.45) is 5.92 Å². The van der Waals surface area contributed by atoms with Crippen molar-refractivity contribution in [2.75, 3.05) is 24.5 Å². The molecule has 3 aromatic rings. The monoisotopic (exact) mass is 384 g/mol. The number of nitrogens with zero attached hydrogens (tertiary/aromatic N) is 3. The highest BCUT2D eigenvalue weighted by Gasteiger charge is 2.26. The minimum atomic E-state index is 0.0836. The van der Waals surface area contributed by atoms with E-state index in [1.807, 2.05) is 26.0 Å². The highest BCUT2D eigenvalue weighted by Crippen LogP contribution is 2.31. The molecule has 1 aliphatic heterocycles. The fourth-order valence-corrected chi connectivity index (χ4v) is 4.66. The Balaban J connectivity index is 1.27. The average Bonchev–Trinajstić information content (AvgIpc) is 3.26. The summed E-state index contributed by atoms with van der Waals surface area (Å²) in [5.41, 5.74) is 3.06. The van der Waals surface area contributed by atoms with Crippen LogP contribution in [0.2, 0.25) is 0 Å². The van der Waals surface area contributed by atoms with Gasteiger partial charge in [0.05, 0.1) is 15.9 Å². The van der Waals surface area contributed by atoms with Crippen LogP contribution in [0.25, 0.3) is 10.2 Å². The van der Waals surface area contributed by atoms with Crippen molar-refractivity contribution in [3.05, 3.63) is 41.3 Å². The molecule has 4 rings (SSSR count). The molecule has 0 aliphatic carbocycles. The number of nitrogens with one attached hydrogen (secondary N) is 1. The first-order valence-corrected chi connectivity index (χ1v) is 10.2. The first kappa shape index (κ1) is 18.0.